The second-order valence-corrected chi connectivity index (χ2v) is 9.09. The van der Waals surface area contributed by atoms with E-state index < -0.39 is 6.04 Å². The van der Waals surface area contributed by atoms with Crippen LogP contribution in [0.15, 0.2) is 24.3 Å². The van der Waals surface area contributed by atoms with Gasteiger partial charge in [-0.05, 0) is 31.4 Å². The van der Waals surface area contributed by atoms with Crippen LogP contribution < -0.4 is 5.32 Å². The maximum absolute atomic E-state index is 12.8. The summed E-state index contributed by atoms with van der Waals surface area (Å²) >= 11 is 7.33. The molecular weight excluding hydrogens is 420 g/mol. The molecule has 162 valence electrons. The lowest BCUT2D eigenvalue weighted by molar-refractivity contribution is -0.136. The minimum Gasteiger partial charge on any atom is -0.331 e. The maximum atomic E-state index is 12.8. The lowest BCUT2D eigenvalue weighted by Gasteiger charge is -2.23. The number of nitrogens with zero attached hydrogens (tertiary/aromatic N) is 3. The summed E-state index contributed by atoms with van der Waals surface area (Å²) in [5, 5.41) is 12.8. The van der Waals surface area contributed by atoms with E-state index in [0.717, 1.165) is 24.8 Å². The van der Waals surface area contributed by atoms with E-state index in [9.17, 15) is 9.59 Å². The molecule has 2 aromatic rings. The number of nitrogens with one attached hydrogen (secondary N) is 1. The largest absolute Gasteiger partial charge is 0.331 e. The maximum Gasteiger partial charge on any atom is 0.249 e. The Morgan fingerprint density at radius 3 is 2.80 bits per heavy atom. The van der Waals surface area contributed by atoms with Crippen molar-refractivity contribution >= 4 is 39.9 Å². The molecule has 0 radical (unpaired) electrons. The standard InChI is InChI=1S/C22H29ClN4O2S/c1-2-3-4-5-6-7-13-19(28)27-14-9-12-18(27)20(29)24-22-26-25-21(30-22)16-10-8-11-17(23)15-16/h8,10-11,15,18H,2-7,9,12-14H2,1H3,(H,24,26,29)/t18-/m1/s1. The number of unbranched alkanes of at least 4 members (excludes halogenated alkanes) is 5. The van der Waals surface area contributed by atoms with E-state index in [0.29, 0.717) is 34.5 Å². The number of anilines is 1. The molecule has 0 aliphatic carbocycles. The molecule has 8 heteroatoms. The predicted molar refractivity (Wildman–Crippen MR) is 122 cm³/mol. The number of carbonyl (C=O) groups is 2. The Balaban J connectivity index is 1.51. The third kappa shape index (κ3) is 6.25. The highest BCUT2D eigenvalue weighted by molar-refractivity contribution is 7.18. The van der Waals surface area contributed by atoms with Crippen molar-refractivity contribution < 1.29 is 9.59 Å². The van der Waals surface area contributed by atoms with E-state index >= 15 is 0 Å². The second kappa shape index (κ2) is 11.4. The van der Waals surface area contributed by atoms with Crippen molar-refractivity contribution in [1.29, 1.82) is 0 Å². The van der Waals surface area contributed by atoms with Crippen molar-refractivity contribution in [2.45, 2.75) is 70.8 Å². The first-order valence-electron chi connectivity index (χ1n) is 10.8. The van der Waals surface area contributed by atoms with Gasteiger partial charge < -0.3 is 4.90 Å². The van der Waals surface area contributed by atoms with Crippen LogP contribution in [0.5, 0.6) is 0 Å². The highest BCUT2D eigenvalue weighted by Crippen LogP contribution is 2.29. The average molecular weight is 449 g/mol. The van der Waals surface area contributed by atoms with Gasteiger partial charge in [0.1, 0.15) is 11.0 Å². The van der Waals surface area contributed by atoms with Crippen LogP contribution >= 0.6 is 22.9 Å². The molecule has 1 aliphatic rings. The third-order valence-corrected chi connectivity index (χ3v) is 6.47. The van der Waals surface area contributed by atoms with Gasteiger partial charge in [-0.15, -0.1) is 10.2 Å². The number of rotatable bonds is 10. The number of hydrogen-bond donors (Lipinski definition) is 1. The third-order valence-electron chi connectivity index (χ3n) is 5.35. The molecule has 2 amide bonds. The summed E-state index contributed by atoms with van der Waals surface area (Å²) in [5.41, 5.74) is 0.858. The van der Waals surface area contributed by atoms with Crippen LogP contribution in [0, 0.1) is 0 Å². The Kier molecular flexibility index (Phi) is 8.63. The Hall–Kier alpha value is -1.99. The minimum atomic E-state index is -0.420. The Morgan fingerprint density at radius 1 is 1.20 bits per heavy atom. The van der Waals surface area contributed by atoms with Crippen molar-refractivity contribution in [3.63, 3.8) is 0 Å². The second-order valence-electron chi connectivity index (χ2n) is 7.67. The first kappa shape index (κ1) is 22.7. The van der Waals surface area contributed by atoms with Crippen LogP contribution in [0.2, 0.25) is 5.02 Å². The van der Waals surface area contributed by atoms with E-state index in [1.54, 1.807) is 11.0 Å². The van der Waals surface area contributed by atoms with Crippen LogP contribution in [0.4, 0.5) is 5.13 Å². The van der Waals surface area contributed by atoms with Gasteiger partial charge in [0.15, 0.2) is 0 Å². The summed E-state index contributed by atoms with van der Waals surface area (Å²) in [4.78, 5) is 27.2. The number of aromatic nitrogens is 2. The molecule has 0 unspecified atom stereocenters. The first-order chi connectivity index (χ1) is 14.6. The predicted octanol–water partition coefficient (Wildman–Crippen LogP) is 5.54. The molecule has 1 fully saturated rings. The van der Waals surface area contributed by atoms with Crippen molar-refractivity contribution in [1.82, 2.24) is 15.1 Å². The van der Waals surface area contributed by atoms with Crippen molar-refractivity contribution in [3.8, 4) is 10.6 Å². The van der Waals surface area contributed by atoms with Crippen molar-refractivity contribution in [2.75, 3.05) is 11.9 Å². The molecule has 1 aromatic heterocycles. The van der Waals surface area contributed by atoms with E-state index in [1.165, 1.54) is 37.0 Å². The lowest BCUT2D eigenvalue weighted by atomic mass is 10.1. The zero-order valence-corrected chi connectivity index (χ0v) is 19.0. The summed E-state index contributed by atoms with van der Waals surface area (Å²) in [5.74, 6) is -0.0994. The van der Waals surface area contributed by atoms with E-state index in [1.807, 2.05) is 18.2 Å². The molecule has 6 nitrogen and oxygen atoms in total. The van der Waals surface area contributed by atoms with Gasteiger partial charge >= 0.3 is 0 Å². The smallest absolute Gasteiger partial charge is 0.249 e. The molecule has 3 rings (SSSR count). The fourth-order valence-electron chi connectivity index (χ4n) is 3.74. The monoisotopic (exact) mass is 448 g/mol. The number of amides is 2. The van der Waals surface area contributed by atoms with Crippen LogP contribution in [0.25, 0.3) is 10.6 Å². The van der Waals surface area contributed by atoms with Gasteiger partial charge in [-0.25, -0.2) is 0 Å². The number of carbonyl (C=O) groups excluding carboxylic acids is 2. The summed E-state index contributed by atoms with van der Waals surface area (Å²) in [7, 11) is 0. The highest BCUT2D eigenvalue weighted by Gasteiger charge is 2.34. The first-order valence-corrected chi connectivity index (χ1v) is 12.0. The molecule has 0 spiro atoms. The fourth-order valence-corrected chi connectivity index (χ4v) is 4.67. The number of hydrogen-bond acceptors (Lipinski definition) is 5. The summed E-state index contributed by atoms with van der Waals surface area (Å²) in [6, 6.07) is 6.94. The number of benzene rings is 1. The molecule has 0 saturated carbocycles. The molecule has 30 heavy (non-hydrogen) atoms. The Labute approximate surface area is 187 Å². The van der Waals surface area contributed by atoms with E-state index in [2.05, 4.69) is 22.4 Å². The van der Waals surface area contributed by atoms with Crippen LogP contribution in [0.1, 0.15) is 64.7 Å². The van der Waals surface area contributed by atoms with Crippen LogP contribution in [-0.2, 0) is 9.59 Å². The van der Waals surface area contributed by atoms with Gasteiger partial charge in [-0.2, -0.15) is 0 Å². The molecule has 1 aromatic carbocycles. The summed E-state index contributed by atoms with van der Waals surface area (Å²) in [6.07, 6.45) is 8.92. The fraction of sp³-hybridized carbons (Fsp3) is 0.545. The van der Waals surface area contributed by atoms with Gasteiger partial charge in [-0.3, -0.25) is 14.9 Å². The molecule has 0 bridgehead atoms. The molecular formula is C22H29ClN4O2S. The zero-order valence-electron chi connectivity index (χ0n) is 17.4. The Morgan fingerprint density at radius 2 is 2.00 bits per heavy atom. The van der Waals surface area contributed by atoms with Gasteiger partial charge in [0.05, 0.1) is 0 Å². The van der Waals surface area contributed by atoms with Crippen LogP contribution in [0.3, 0.4) is 0 Å². The molecule has 1 aliphatic heterocycles. The normalized spacial score (nSPS) is 16.1. The number of halogens is 1. The van der Waals surface area contributed by atoms with Crippen molar-refractivity contribution in [3.05, 3.63) is 29.3 Å². The van der Waals surface area contributed by atoms with Gasteiger partial charge in [0, 0.05) is 23.6 Å². The summed E-state index contributed by atoms with van der Waals surface area (Å²) < 4.78 is 0. The molecule has 1 N–H and O–H groups in total. The Bertz CT molecular complexity index is 857. The molecule has 2 heterocycles. The molecule has 1 saturated heterocycles. The zero-order chi connectivity index (χ0) is 21.3. The SMILES string of the molecule is CCCCCCCCC(=O)N1CCC[C@@H]1C(=O)Nc1nnc(-c2cccc(Cl)c2)s1. The highest BCUT2D eigenvalue weighted by atomic mass is 35.5. The van der Waals surface area contributed by atoms with Crippen LogP contribution in [-0.4, -0.2) is 39.5 Å². The topological polar surface area (TPSA) is 75.2 Å². The average Bonchev–Trinajstić information content (AvgIpc) is 3.40. The van der Waals surface area contributed by atoms with E-state index in [4.69, 9.17) is 11.6 Å². The van der Waals surface area contributed by atoms with Gasteiger partial charge in [-0.1, -0.05) is 74.1 Å². The van der Waals surface area contributed by atoms with Gasteiger partial charge in [0.2, 0.25) is 16.9 Å². The molecule has 1 atom stereocenters. The van der Waals surface area contributed by atoms with Gasteiger partial charge in [0.25, 0.3) is 0 Å². The number of likely N-dealkylation sites (tertiary alicyclic amines) is 1. The van der Waals surface area contributed by atoms with E-state index in [-0.39, 0.29) is 11.8 Å². The van der Waals surface area contributed by atoms with Crippen molar-refractivity contribution in [2.24, 2.45) is 0 Å². The minimum absolute atomic E-state index is 0.0834. The quantitative estimate of drug-likeness (QED) is 0.484. The summed E-state index contributed by atoms with van der Waals surface area (Å²) in [6.45, 7) is 2.85. The lowest BCUT2D eigenvalue weighted by Crippen LogP contribution is -2.43.